The van der Waals surface area contributed by atoms with Crippen molar-refractivity contribution in [2.24, 2.45) is 0 Å². The molecule has 0 aromatic heterocycles. The molecule has 0 aliphatic heterocycles. The molecule has 26 heavy (non-hydrogen) atoms. The zero-order valence-electron chi connectivity index (χ0n) is 15.6. The molecule has 2 aromatic rings. The maximum Gasteiger partial charge on any atom is 0.242 e. The zero-order chi connectivity index (χ0) is 18.9. The Hall–Kier alpha value is -2.27. The van der Waals surface area contributed by atoms with Crippen LogP contribution in [0.4, 0.5) is 0 Å². The lowest BCUT2D eigenvalue weighted by Gasteiger charge is -2.28. The van der Waals surface area contributed by atoms with Gasteiger partial charge in [0.15, 0.2) is 0 Å². The Balaban J connectivity index is 1.99. The highest BCUT2D eigenvalue weighted by Gasteiger charge is 2.25. The molecule has 2 rings (SSSR count). The second kappa shape index (κ2) is 10.0. The minimum absolute atomic E-state index is 0.00966. The van der Waals surface area contributed by atoms with Crippen LogP contribution in [0.25, 0.3) is 0 Å². The lowest BCUT2D eigenvalue weighted by atomic mass is 10.1. The highest BCUT2D eigenvalue weighted by molar-refractivity contribution is 7.99. The third-order valence-corrected chi connectivity index (χ3v) is 5.23. The minimum atomic E-state index is -0.503. The number of hydrogen-bond donors (Lipinski definition) is 1. The Labute approximate surface area is 160 Å². The number of carbonyl (C=O) groups excluding carboxylic acids is 2. The smallest absolute Gasteiger partial charge is 0.242 e. The standard InChI is InChI=1S/C21H26N2O2S/c1-16-9-11-19(12-10-16)26-14-13-20(24)23(17(2)21(25)22-3)15-18-7-5-4-6-8-18/h4-12,17H,13-15H2,1-3H3,(H,22,25). The van der Waals surface area contributed by atoms with E-state index in [1.165, 1.54) is 5.56 Å². The topological polar surface area (TPSA) is 49.4 Å². The fraction of sp³-hybridized carbons (Fsp3) is 0.333. The van der Waals surface area contributed by atoms with Gasteiger partial charge in [0.25, 0.3) is 0 Å². The largest absolute Gasteiger partial charge is 0.357 e. The molecule has 0 aliphatic rings. The lowest BCUT2D eigenvalue weighted by Crippen LogP contribution is -2.46. The number of hydrogen-bond acceptors (Lipinski definition) is 3. The number of amides is 2. The lowest BCUT2D eigenvalue weighted by molar-refractivity contribution is -0.140. The van der Waals surface area contributed by atoms with Crippen LogP contribution in [-0.2, 0) is 16.1 Å². The van der Waals surface area contributed by atoms with Crippen LogP contribution >= 0.6 is 11.8 Å². The summed E-state index contributed by atoms with van der Waals surface area (Å²) in [4.78, 5) is 27.7. The van der Waals surface area contributed by atoms with Gasteiger partial charge in [-0.25, -0.2) is 0 Å². The Bertz CT molecular complexity index is 717. The first kappa shape index (κ1) is 20.0. The van der Waals surface area contributed by atoms with E-state index >= 15 is 0 Å². The summed E-state index contributed by atoms with van der Waals surface area (Å²) in [5, 5.41) is 2.64. The van der Waals surface area contributed by atoms with Crippen LogP contribution in [0.1, 0.15) is 24.5 Å². The average molecular weight is 371 g/mol. The number of rotatable bonds is 8. The summed E-state index contributed by atoms with van der Waals surface area (Å²) in [6.07, 6.45) is 0.396. The molecule has 1 unspecified atom stereocenters. The van der Waals surface area contributed by atoms with E-state index in [0.717, 1.165) is 10.5 Å². The van der Waals surface area contributed by atoms with Crippen molar-refractivity contribution in [3.8, 4) is 0 Å². The first-order valence-corrected chi connectivity index (χ1v) is 9.74. The summed E-state index contributed by atoms with van der Waals surface area (Å²) in [6.45, 7) is 4.26. The fourth-order valence-electron chi connectivity index (χ4n) is 2.61. The SMILES string of the molecule is CNC(=O)C(C)N(Cc1ccccc1)C(=O)CCSc1ccc(C)cc1. The number of likely N-dealkylation sites (N-methyl/N-ethyl adjacent to an activating group) is 1. The second-order valence-corrected chi connectivity index (χ2v) is 7.38. The van der Waals surface area contributed by atoms with Crippen LogP contribution in [0.15, 0.2) is 59.5 Å². The number of nitrogens with zero attached hydrogens (tertiary/aromatic N) is 1. The first-order chi connectivity index (χ1) is 12.5. The van der Waals surface area contributed by atoms with Crippen molar-refractivity contribution in [3.63, 3.8) is 0 Å². The van der Waals surface area contributed by atoms with Gasteiger partial charge in [-0.3, -0.25) is 9.59 Å². The number of carbonyl (C=O) groups is 2. The molecule has 4 nitrogen and oxygen atoms in total. The molecule has 2 aromatic carbocycles. The van der Waals surface area contributed by atoms with Crippen molar-refractivity contribution in [1.29, 1.82) is 0 Å². The predicted octanol–water partition coefficient (Wildman–Crippen LogP) is 3.64. The van der Waals surface area contributed by atoms with Crippen LogP contribution in [0.5, 0.6) is 0 Å². The van der Waals surface area contributed by atoms with Crippen LogP contribution in [0.2, 0.25) is 0 Å². The van der Waals surface area contributed by atoms with E-state index in [2.05, 4.69) is 36.5 Å². The molecule has 0 saturated carbocycles. The van der Waals surface area contributed by atoms with Gasteiger partial charge in [-0.1, -0.05) is 48.0 Å². The van der Waals surface area contributed by atoms with Gasteiger partial charge in [-0.2, -0.15) is 0 Å². The van der Waals surface area contributed by atoms with Crippen LogP contribution in [0.3, 0.4) is 0 Å². The molecule has 1 atom stereocenters. The normalized spacial score (nSPS) is 11.7. The second-order valence-electron chi connectivity index (χ2n) is 6.21. The van der Waals surface area contributed by atoms with Gasteiger partial charge in [0.05, 0.1) is 0 Å². The fourth-order valence-corrected chi connectivity index (χ4v) is 3.45. The van der Waals surface area contributed by atoms with Crippen molar-refractivity contribution >= 4 is 23.6 Å². The summed E-state index contributed by atoms with van der Waals surface area (Å²) in [7, 11) is 1.59. The van der Waals surface area contributed by atoms with E-state index in [0.29, 0.717) is 18.7 Å². The summed E-state index contributed by atoms with van der Waals surface area (Å²) in [5.41, 5.74) is 2.24. The summed E-state index contributed by atoms with van der Waals surface area (Å²) < 4.78 is 0. The van der Waals surface area contributed by atoms with Gasteiger partial charge >= 0.3 is 0 Å². The van der Waals surface area contributed by atoms with Crippen LogP contribution < -0.4 is 5.32 Å². The van der Waals surface area contributed by atoms with Crippen molar-refractivity contribution < 1.29 is 9.59 Å². The van der Waals surface area contributed by atoms with E-state index in [1.807, 2.05) is 30.3 Å². The summed E-state index contributed by atoms with van der Waals surface area (Å²) in [5.74, 6) is 0.526. The van der Waals surface area contributed by atoms with Gasteiger partial charge in [0, 0.05) is 30.7 Å². The number of aryl methyl sites for hydroxylation is 1. The molecule has 1 N–H and O–H groups in total. The Morgan fingerprint density at radius 2 is 1.73 bits per heavy atom. The monoisotopic (exact) mass is 370 g/mol. The van der Waals surface area contributed by atoms with Crippen LogP contribution in [0, 0.1) is 6.92 Å². The molecule has 0 bridgehead atoms. The average Bonchev–Trinajstić information content (AvgIpc) is 2.67. The molecule has 0 fully saturated rings. The van der Waals surface area contributed by atoms with Gasteiger partial charge in [-0.15, -0.1) is 11.8 Å². The first-order valence-electron chi connectivity index (χ1n) is 8.75. The number of benzene rings is 2. The Kier molecular flexibility index (Phi) is 7.73. The third-order valence-electron chi connectivity index (χ3n) is 4.22. The van der Waals surface area contributed by atoms with Crippen molar-refractivity contribution in [2.45, 2.75) is 37.8 Å². The maximum absolute atomic E-state index is 12.8. The van der Waals surface area contributed by atoms with Crippen molar-refractivity contribution in [3.05, 3.63) is 65.7 Å². The van der Waals surface area contributed by atoms with E-state index in [-0.39, 0.29) is 11.8 Å². The number of thioether (sulfide) groups is 1. The number of nitrogens with one attached hydrogen (secondary N) is 1. The van der Waals surface area contributed by atoms with E-state index in [1.54, 1.807) is 30.6 Å². The Morgan fingerprint density at radius 1 is 1.08 bits per heavy atom. The summed E-state index contributed by atoms with van der Waals surface area (Å²) in [6, 6.07) is 17.5. The van der Waals surface area contributed by atoms with Gasteiger partial charge in [0.2, 0.25) is 11.8 Å². The molecule has 0 spiro atoms. The minimum Gasteiger partial charge on any atom is -0.357 e. The molecular formula is C21H26N2O2S. The molecule has 2 amide bonds. The molecule has 0 aliphatic carbocycles. The molecule has 138 valence electrons. The predicted molar refractivity (Wildman–Crippen MR) is 107 cm³/mol. The van der Waals surface area contributed by atoms with E-state index < -0.39 is 6.04 Å². The van der Waals surface area contributed by atoms with Crippen LogP contribution in [-0.4, -0.2) is 35.6 Å². The van der Waals surface area contributed by atoms with E-state index in [9.17, 15) is 9.59 Å². The quantitative estimate of drug-likeness (QED) is 0.722. The molecule has 0 saturated heterocycles. The molecule has 5 heteroatoms. The highest BCUT2D eigenvalue weighted by Crippen LogP contribution is 2.20. The van der Waals surface area contributed by atoms with Crippen molar-refractivity contribution in [1.82, 2.24) is 10.2 Å². The molecule has 0 radical (unpaired) electrons. The van der Waals surface area contributed by atoms with Gasteiger partial charge < -0.3 is 10.2 Å². The van der Waals surface area contributed by atoms with E-state index in [4.69, 9.17) is 0 Å². The summed E-state index contributed by atoms with van der Waals surface area (Å²) >= 11 is 1.66. The van der Waals surface area contributed by atoms with Crippen molar-refractivity contribution in [2.75, 3.05) is 12.8 Å². The Morgan fingerprint density at radius 3 is 2.35 bits per heavy atom. The van der Waals surface area contributed by atoms with Gasteiger partial charge in [-0.05, 0) is 31.5 Å². The molecule has 0 heterocycles. The zero-order valence-corrected chi connectivity index (χ0v) is 16.4. The maximum atomic E-state index is 12.8. The third kappa shape index (κ3) is 5.92. The highest BCUT2D eigenvalue weighted by atomic mass is 32.2. The molecular weight excluding hydrogens is 344 g/mol. The van der Waals surface area contributed by atoms with Gasteiger partial charge in [0.1, 0.15) is 6.04 Å².